The zero-order valence-corrected chi connectivity index (χ0v) is 13.9. The van der Waals surface area contributed by atoms with E-state index in [2.05, 4.69) is 5.32 Å². The van der Waals surface area contributed by atoms with Crippen molar-refractivity contribution in [2.45, 2.75) is 31.7 Å². The number of hydrogen-bond donors (Lipinski definition) is 1. The standard InChI is InChI=1S/C20H24N2O2/c23-20(22(14-15-5-3-6-15)17-11-12-21-13-17)24-19-10-4-8-16-7-1-2-9-18(16)19/h1-2,4,7-10,15,17,21H,3,5-6,11-14H2. The lowest BCUT2D eigenvalue weighted by molar-refractivity contribution is 0.111. The maximum absolute atomic E-state index is 12.9. The van der Waals surface area contributed by atoms with Gasteiger partial charge in [-0.15, -0.1) is 0 Å². The molecule has 2 aliphatic rings. The number of carbonyl (C=O) groups is 1. The molecule has 1 unspecified atom stereocenters. The van der Waals surface area contributed by atoms with E-state index in [9.17, 15) is 4.79 Å². The van der Waals surface area contributed by atoms with Crippen LogP contribution >= 0.6 is 0 Å². The Balaban J connectivity index is 1.54. The minimum Gasteiger partial charge on any atom is -0.410 e. The molecule has 1 saturated heterocycles. The lowest BCUT2D eigenvalue weighted by atomic mass is 9.85. The first kappa shape index (κ1) is 15.5. The average Bonchev–Trinajstić information content (AvgIpc) is 3.08. The molecule has 4 heteroatoms. The van der Waals surface area contributed by atoms with Gasteiger partial charge in [-0.1, -0.05) is 42.8 Å². The molecule has 2 aromatic carbocycles. The molecular weight excluding hydrogens is 300 g/mol. The van der Waals surface area contributed by atoms with Gasteiger partial charge in [-0.3, -0.25) is 0 Å². The average molecular weight is 324 g/mol. The van der Waals surface area contributed by atoms with E-state index < -0.39 is 0 Å². The Morgan fingerprint density at radius 3 is 2.71 bits per heavy atom. The van der Waals surface area contributed by atoms with Crippen molar-refractivity contribution in [2.75, 3.05) is 19.6 Å². The number of amides is 1. The van der Waals surface area contributed by atoms with Crippen LogP contribution in [0.5, 0.6) is 5.75 Å². The molecule has 1 aliphatic carbocycles. The topological polar surface area (TPSA) is 41.6 Å². The summed E-state index contributed by atoms with van der Waals surface area (Å²) in [7, 11) is 0. The number of nitrogens with one attached hydrogen (secondary N) is 1. The fourth-order valence-corrected chi connectivity index (χ4v) is 3.67. The third kappa shape index (κ3) is 3.11. The number of fused-ring (bicyclic) bond motifs is 1. The molecule has 2 aromatic rings. The molecule has 1 saturated carbocycles. The van der Waals surface area contributed by atoms with Gasteiger partial charge in [0.2, 0.25) is 0 Å². The minimum absolute atomic E-state index is 0.202. The van der Waals surface area contributed by atoms with Crippen molar-refractivity contribution < 1.29 is 9.53 Å². The van der Waals surface area contributed by atoms with Gasteiger partial charge in [0, 0.05) is 24.5 Å². The predicted octanol–water partition coefficient (Wildman–Crippen LogP) is 3.80. The van der Waals surface area contributed by atoms with Crippen LogP contribution in [0.15, 0.2) is 42.5 Å². The number of benzene rings is 2. The normalized spacial score (nSPS) is 20.8. The fraction of sp³-hybridized carbons (Fsp3) is 0.450. The summed E-state index contributed by atoms with van der Waals surface area (Å²) in [5, 5.41) is 5.44. The Labute approximate surface area is 142 Å². The SMILES string of the molecule is O=C(Oc1cccc2ccccc12)N(CC1CCC1)C1CCNC1. The van der Waals surface area contributed by atoms with E-state index >= 15 is 0 Å². The van der Waals surface area contributed by atoms with Gasteiger partial charge in [0.25, 0.3) is 0 Å². The van der Waals surface area contributed by atoms with Crippen LogP contribution in [0.2, 0.25) is 0 Å². The summed E-state index contributed by atoms with van der Waals surface area (Å²) in [6, 6.07) is 14.2. The van der Waals surface area contributed by atoms with Crippen LogP contribution in [0.4, 0.5) is 4.79 Å². The highest BCUT2D eigenvalue weighted by Gasteiger charge is 2.32. The number of rotatable bonds is 4. The van der Waals surface area contributed by atoms with Crippen molar-refractivity contribution in [2.24, 2.45) is 5.92 Å². The molecule has 4 rings (SSSR count). The van der Waals surface area contributed by atoms with Crippen molar-refractivity contribution in [3.05, 3.63) is 42.5 Å². The van der Waals surface area contributed by atoms with E-state index in [1.165, 1.54) is 19.3 Å². The summed E-state index contributed by atoms with van der Waals surface area (Å²) in [4.78, 5) is 14.9. The van der Waals surface area contributed by atoms with E-state index in [0.717, 1.165) is 36.8 Å². The highest BCUT2D eigenvalue weighted by atomic mass is 16.6. The van der Waals surface area contributed by atoms with Gasteiger partial charge in [-0.25, -0.2) is 4.79 Å². The van der Waals surface area contributed by atoms with E-state index in [1.807, 2.05) is 47.4 Å². The number of ether oxygens (including phenoxy) is 1. The van der Waals surface area contributed by atoms with Crippen LogP contribution in [-0.4, -0.2) is 36.7 Å². The zero-order valence-electron chi connectivity index (χ0n) is 13.9. The van der Waals surface area contributed by atoms with Crippen LogP contribution in [0.3, 0.4) is 0 Å². The Bertz CT molecular complexity index is 715. The molecule has 0 spiro atoms. The molecule has 0 aromatic heterocycles. The van der Waals surface area contributed by atoms with Crippen molar-refractivity contribution in [3.8, 4) is 5.75 Å². The summed E-state index contributed by atoms with van der Waals surface area (Å²) in [6.45, 7) is 2.68. The summed E-state index contributed by atoms with van der Waals surface area (Å²) in [5.41, 5.74) is 0. The van der Waals surface area contributed by atoms with Crippen LogP contribution in [0.1, 0.15) is 25.7 Å². The van der Waals surface area contributed by atoms with E-state index in [-0.39, 0.29) is 12.1 Å². The van der Waals surface area contributed by atoms with Gasteiger partial charge >= 0.3 is 6.09 Å². The Morgan fingerprint density at radius 1 is 1.12 bits per heavy atom. The fourth-order valence-electron chi connectivity index (χ4n) is 3.67. The summed E-state index contributed by atoms with van der Waals surface area (Å²) in [5.74, 6) is 1.30. The first-order chi connectivity index (χ1) is 11.8. The molecular formula is C20H24N2O2. The van der Waals surface area contributed by atoms with Crippen molar-refractivity contribution in [3.63, 3.8) is 0 Å². The van der Waals surface area contributed by atoms with Crippen molar-refractivity contribution in [1.82, 2.24) is 10.2 Å². The third-order valence-electron chi connectivity index (χ3n) is 5.34. The monoisotopic (exact) mass is 324 g/mol. The molecule has 2 fully saturated rings. The molecule has 0 bridgehead atoms. The number of nitrogens with zero attached hydrogens (tertiary/aromatic N) is 1. The summed E-state index contributed by atoms with van der Waals surface area (Å²) < 4.78 is 5.83. The number of hydrogen-bond acceptors (Lipinski definition) is 3. The Kier molecular flexibility index (Phi) is 4.39. The molecule has 24 heavy (non-hydrogen) atoms. The minimum atomic E-state index is -0.202. The van der Waals surface area contributed by atoms with E-state index in [4.69, 9.17) is 4.74 Å². The van der Waals surface area contributed by atoms with Gasteiger partial charge in [-0.2, -0.15) is 0 Å². The molecule has 1 amide bonds. The molecule has 126 valence electrons. The van der Waals surface area contributed by atoms with Crippen molar-refractivity contribution >= 4 is 16.9 Å². The Morgan fingerprint density at radius 2 is 1.96 bits per heavy atom. The zero-order chi connectivity index (χ0) is 16.4. The van der Waals surface area contributed by atoms with Gasteiger partial charge in [-0.05, 0) is 43.2 Å². The van der Waals surface area contributed by atoms with Crippen LogP contribution in [0, 0.1) is 5.92 Å². The quantitative estimate of drug-likeness (QED) is 0.930. The summed E-state index contributed by atoms with van der Waals surface area (Å²) in [6.07, 6.45) is 4.57. The maximum atomic E-state index is 12.9. The van der Waals surface area contributed by atoms with E-state index in [0.29, 0.717) is 11.7 Å². The highest BCUT2D eigenvalue weighted by molar-refractivity contribution is 5.90. The van der Waals surface area contributed by atoms with Gasteiger partial charge in [0.05, 0.1) is 0 Å². The van der Waals surface area contributed by atoms with Crippen molar-refractivity contribution in [1.29, 1.82) is 0 Å². The second-order valence-electron chi connectivity index (χ2n) is 6.94. The molecule has 1 N–H and O–H groups in total. The largest absolute Gasteiger partial charge is 0.415 e. The second-order valence-corrected chi connectivity index (χ2v) is 6.94. The van der Waals surface area contributed by atoms with Gasteiger partial charge in [0.15, 0.2) is 0 Å². The lowest BCUT2D eigenvalue weighted by Crippen LogP contribution is -2.46. The molecule has 1 heterocycles. The highest BCUT2D eigenvalue weighted by Crippen LogP contribution is 2.30. The predicted molar refractivity (Wildman–Crippen MR) is 95.3 cm³/mol. The second kappa shape index (κ2) is 6.81. The Hall–Kier alpha value is -2.07. The molecule has 4 nitrogen and oxygen atoms in total. The van der Waals surface area contributed by atoms with Crippen LogP contribution < -0.4 is 10.1 Å². The maximum Gasteiger partial charge on any atom is 0.415 e. The first-order valence-electron chi connectivity index (χ1n) is 8.98. The van der Waals surface area contributed by atoms with Gasteiger partial charge in [0.1, 0.15) is 5.75 Å². The van der Waals surface area contributed by atoms with Crippen LogP contribution in [-0.2, 0) is 0 Å². The molecule has 0 radical (unpaired) electrons. The number of carbonyl (C=O) groups excluding carboxylic acids is 1. The smallest absolute Gasteiger partial charge is 0.410 e. The summed E-state index contributed by atoms with van der Waals surface area (Å²) >= 11 is 0. The van der Waals surface area contributed by atoms with Crippen LogP contribution in [0.25, 0.3) is 10.8 Å². The molecule has 1 aliphatic heterocycles. The third-order valence-corrected chi connectivity index (χ3v) is 5.34. The van der Waals surface area contributed by atoms with E-state index in [1.54, 1.807) is 0 Å². The lowest BCUT2D eigenvalue weighted by Gasteiger charge is -2.35. The van der Waals surface area contributed by atoms with Gasteiger partial charge < -0.3 is 15.0 Å². The molecule has 1 atom stereocenters. The first-order valence-corrected chi connectivity index (χ1v) is 8.98.